The lowest BCUT2D eigenvalue weighted by Crippen LogP contribution is -2.41. The molecule has 0 aromatic carbocycles. The summed E-state index contributed by atoms with van der Waals surface area (Å²) < 4.78 is 0. The first-order valence-electron chi connectivity index (χ1n) is 4.71. The van der Waals surface area contributed by atoms with E-state index < -0.39 is 23.8 Å². The highest BCUT2D eigenvalue weighted by Gasteiger charge is 2.31. The van der Waals surface area contributed by atoms with Crippen molar-refractivity contribution in [1.82, 2.24) is 4.90 Å². The van der Waals surface area contributed by atoms with E-state index in [9.17, 15) is 19.2 Å². The molecule has 0 saturated carbocycles. The van der Waals surface area contributed by atoms with E-state index in [4.69, 9.17) is 5.11 Å². The minimum absolute atomic E-state index is 0.109. The van der Waals surface area contributed by atoms with Crippen molar-refractivity contribution in [2.75, 3.05) is 0 Å². The Balaban J connectivity index is 2.54. The molecule has 0 bridgehead atoms. The molecule has 0 aliphatic carbocycles. The molecule has 1 aliphatic heterocycles. The average molecular weight is 224 g/mol. The molecule has 1 atom stereocenters. The van der Waals surface area contributed by atoms with Crippen LogP contribution in [0.15, 0.2) is 12.2 Å². The first-order chi connectivity index (χ1) is 7.56. The van der Waals surface area contributed by atoms with E-state index in [1.54, 1.807) is 6.29 Å². The highest BCUT2D eigenvalue weighted by atomic mass is 16.4. The first-order valence-corrected chi connectivity index (χ1v) is 4.71. The van der Waals surface area contributed by atoms with Gasteiger partial charge in [0.1, 0.15) is 6.04 Å². The van der Waals surface area contributed by atoms with Crippen molar-refractivity contribution in [3.63, 3.8) is 0 Å². The fourth-order valence-corrected chi connectivity index (χ4v) is 1.41. The van der Waals surface area contributed by atoms with Gasteiger partial charge in [0.05, 0.1) is 0 Å². The molecular formula is C10H10NO5. The number of imide groups is 1. The van der Waals surface area contributed by atoms with Gasteiger partial charge in [0.15, 0.2) is 0 Å². The maximum absolute atomic E-state index is 11.2. The van der Waals surface area contributed by atoms with E-state index in [1.165, 1.54) is 0 Å². The topological polar surface area (TPSA) is 91.8 Å². The lowest BCUT2D eigenvalue weighted by Gasteiger charge is -2.19. The average Bonchev–Trinajstić information content (AvgIpc) is 2.54. The molecule has 0 aromatic heterocycles. The number of carbonyl (C=O) groups excluding carboxylic acids is 3. The van der Waals surface area contributed by atoms with Crippen LogP contribution in [0.5, 0.6) is 0 Å². The zero-order valence-corrected chi connectivity index (χ0v) is 8.38. The number of hydrogen-bond donors (Lipinski definition) is 1. The van der Waals surface area contributed by atoms with Gasteiger partial charge in [-0.2, -0.15) is 0 Å². The van der Waals surface area contributed by atoms with Gasteiger partial charge in [0.2, 0.25) is 6.29 Å². The summed E-state index contributed by atoms with van der Waals surface area (Å²) in [6, 6.07) is -0.991. The van der Waals surface area contributed by atoms with Crippen LogP contribution in [-0.4, -0.2) is 40.1 Å². The van der Waals surface area contributed by atoms with Crippen molar-refractivity contribution in [1.29, 1.82) is 0 Å². The zero-order chi connectivity index (χ0) is 12.1. The van der Waals surface area contributed by atoms with Crippen molar-refractivity contribution >= 4 is 24.1 Å². The molecule has 1 unspecified atom stereocenters. The van der Waals surface area contributed by atoms with Crippen molar-refractivity contribution in [3.05, 3.63) is 12.2 Å². The van der Waals surface area contributed by atoms with Gasteiger partial charge in [0, 0.05) is 18.6 Å². The van der Waals surface area contributed by atoms with Gasteiger partial charge in [-0.25, -0.2) is 0 Å². The minimum Gasteiger partial charge on any atom is -0.481 e. The molecule has 1 heterocycles. The quantitative estimate of drug-likeness (QED) is 0.622. The van der Waals surface area contributed by atoms with E-state index in [2.05, 4.69) is 0 Å². The van der Waals surface area contributed by atoms with Crippen LogP contribution in [0.4, 0.5) is 0 Å². The number of nitrogens with zero attached hydrogens (tertiary/aromatic N) is 1. The summed E-state index contributed by atoms with van der Waals surface area (Å²) in [6.45, 7) is 0. The van der Waals surface area contributed by atoms with Crippen molar-refractivity contribution in [2.24, 2.45) is 0 Å². The molecule has 1 aliphatic rings. The van der Waals surface area contributed by atoms with Crippen LogP contribution >= 0.6 is 0 Å². The predicted octanol–water partition coefficient (Wildman–Crippen LogP) is -0.355. The molecule has 16 heavy (non-hydrogen) atoms. The highest BCUT2D eigenvalue weighted by molar-refractivity contribution is 6.14. The molecule has 0 saturated heterocycles. The zero-order valence-electron chi connectivity index (χ0n) is 8.38. The largest absolute Gasteiger partial charge is 0.481 e. The van der Waals surface area contributed by atoms with Gasteiger partial charge in [0.25, 0.3) is 11.8 Å². The SMILES string of the molecule is O=[C]C(CCCC(=O)O)N1C(=O)C=CC1=O. The van der Waals surface area contributed by atoms with Gasteiger partial charge in [-0.15, -0.1) is 0 Å². The molecule has 1 N–H and O–H groups in total. The Hall–Kier alpha value is -1.98. The molecule has 0 aromatic rings. The maximum Gasteiger partial charge on any atom is 0.303 e. The smallest absolute Gasteiger partial charge is 0.303 e. The Morgan fingerprint density at radius 2 is 1.94 bits per heavy atom. The van der Waals surface area contributed by atoms with Gasteiger partial charge < -0.3 is 5.11 Å². The highest BCUT2D eigenvalue weighted by Crippen LogP contribution is 2.13. The molecule has 0 fully saturated rings. The summed E-state index contributed by atoms with van der Waals surface area (Å²) in [5.41, 5.74) is 0. The number of rotatable bonds is 6. The minimum atomic E-state index is -0.991. The second-order valence-electron chi connectivity index (χ2n) is 3.30. The third-order valence-corrected chi connectivity index (χ3v) is 2.16. The maximum atomic E-state index is 11.2. The van der Waals surface area contributed by atoms with E-state index in [-0.39, 0.29) is 19.3 Å². The number of aliphatic carboxylic acids is 1. The number of hydrogen-bond acceptors (Lipinski definition) is 4. The molecule has 6 heteroatoms. The summed E-state index contributed by atoms with van der Waals surface area (Å²) >= 11 is 0. The Morgan fingerprint density at radius 1 is 1.38 bits per heavy atom. The van der Waals surface area contributed by atoms with Crippen LogP contribution in [0.1, 0.15) is 19.3 Å². The van der Waals surface area contributed by atoms with Crippen LogP contribution in [-0.2, 0) is 19.2 Å². The molecular weight excluding hydrogens is 214 g/mol. The summed E-state index contributed by atoms with van der Waals surface area (Å²) in [5, 5.41) is 8.41. The van der Waals surface area contributed by atoms with E-state index in [0.29, 0.717) is 0 Å². The van der Waals surface area contributed by atoms with Crippen LogP contribution in [0.25, 0.3) is 0 Å². The van der Waals surface area contributed by atoms with Crippen LogP contribution in [0.3, 0.4) is 0 Å². The Labute approximate surface area is 91.5 Å². The molecule has 85 valence electrons. The fourth-order valence-electron chi connectivity index (χ4n) is 1.41. The molecule has 0 spiro atoms. The normalized spacial score (nSPS) is 16.6. The molecule has 1 rings (SSSR count). The second-order valence-corrected chi connectivity index (χ2v) is 3.30. The molecule has 6 nitrogen and oxygen atoms in total. The van der Waals surface area contributed by atoms with Crippen molar-refractivity contribution in [2.45, 2.75) is 25.3 Å². The van der Waals surface area contributed by atoms with Crippen LogP contribution in [0.2, 0.25) is 0 Å². The lowest BCUT2D eigenvalue weighted by molar-refractivity contribution is -0.138. The van der Waals surface area contributed by atoms with Crippen LogP contribution < -0.4 is 0 Å². The van der Waals surface area contributed by atoms with Gasteiger partial charge >= 0.3 is 5.97 Å². The summed E-state index contributed by atoms with van der Waals surface area (Å²) in [5.74, 6) is -2.11. The van der Waals surface area contributed by atoms with Gasteiger partial charge in [-0.3, -0.25) is 24.1 Å². The van der Waals surface area contributed by atoms with E-state index in [0.717, 1.165) is 17.1 Å². The summed E-state index contributed by atoms with van der Waals surface area (Å²) in [4.78, 5) is 44.1. The van der Waals surface area contributed by atoms with E-state index >= 15 is 0 Å². The summed E-state index contributed by atoms with van der Waals surface area (Å²) in [7, 11) is 0. The third kappa shape index (κ3) is 2.75. The number of carboxylic acid groups (broad SMARTS) is 1. The lowest BCUT2D eigenvalue weighted by atomic mass is 10.1. The van der Waals surface area contributed by atoms with Crippen LogP contribution in [0, 0.1) is 0 Å². The Bertz CT molecular complexity index is 342. The Kier molecular flexibility index (Phi) is 3.93. The summed E-state index contributed by atoms with van der Waals surface area (Å²) in [6.07, 6.45) is 3.95. The number of carbonyl (C=O) groups is 3. The van der Waals surface area contributed by atoms with E-state index in [1.807, 2.05) is 0 Å². The Morgan fingerprint density at radius 3 is 2.38 bits per heavy atom. The van der Waals surface area contributed by atoms with Gasteiger partial charge in [-0.1, -0.05) is 0 Å². The number of amides is 2. The second kappa shape index (κ2) is 5.20. The monoisotopic (exact) mass is 224 g/mol. The third-order valence-electron chi connectivity index (χ3n) is 2.16. The molecule has 1 radical (unpaired) electrons. The van der Waals surface area contributed by atoms with Gasteiger partial charge in [-0.05, 0) is 12.8 Å². The first kappa shape index (κ1) is 12.1. The molecule has 2 amide bonds. The number of carboxylic acids is 1. The fraction of sp³-hybridized carbons (Fsp3) is 0.400. The van der Waals surface area contributed by atoms with Crippen molar-refractivity contribution in [3.8, 4) is 0 Å². The van der Waals surface area contributed by atoms with Crippen molar-refractivity contribution < 1.29 is 24.3 Å². The predicted molar refractivity (Wildman–Crippen MR) is 52.0 cm³/mol. The standard InChI is InChI=1S/C10H10NO5/c12-6-7(2-1-3-10(15)16)11-8(13)4-5-9(11)14/h4-5,7H,1-3H2,(H,15,16).